The van der Waals surface area contributed by atoms with Crippen LogP contribution < -0.4 is 5.32 Å². The SMILES string of the molecule is CC(C)(C)NC(=O)OC12CC3CC(CC(C1)C(O)C3)C2. The van der Waals surface area contributed by atoms with Gasteiger partial charge in [0, 0.05) is 5.54 Å². The molecular weight excluding hydrogens is 254 g/mol. The van der Waals surface area contributed by atoms with E-state index < -0.39 is 0 Å². The molecule has 5 atom stereocenters. The molecule has 0 aromatic rings. The monoisotopic (exact) mass is 281 g/mol. The first kappa shape index (κ1) is 14.2. The van der Waals surface area contributed by atoms with Crippen LogP contribution in [0, 0.1) is 17.8 Å². The number of carbonyl (C=O) groups excluding carboxylic acids is 1. The molecule has 4 bridgehead atoms. The molecule has 2 N–H and O–H groups in total. The minimum absolute atomic E-state index is 0.193. The number of aliphatic hydroxyl groups is 1. The predicted octanol–water partition coefficient (Wildman–Crippen LogP) is 2.84. The second kappa shape index (κ2) is 4.62. The molecule has 4 rings (SSSR count). The van der Waals surface area contributed by atoms with Gasteiger partial charge in [-0.15, -0.1) is 0 Å². The molecular formula is C16H27NO3. The van der Waals surface area contributed by atoms with Crippen LogP contribution in [-0.2, 0) is 4.74 Å². The molecule has 4 heteroatoms. The smallest absolute Gasteiger partial charge is 0.408 e. The minimum Gasteiger partial charge on any atom is -0.443 e. The summed E-state index contributed by atoms with van der Waals surface area (Å²) in [6.07, 6.45) is 5.50. The number of rotatable bonds is 1. The summed E-state index contributed by atoms with van der Waals surface area (Å²) in [5.41, 5.74) is -0.585. The topological polar surface area (TPSA) is 58.6 Å². The van der Waals surface area contributed by atoms with E-state index in [2.05, 4.69) is 5.32 Å². The molecule has 4 aliphatic rings. The standard InChI is InChI=1S/C16H27NO3/c1-15(2,3)17-14(19)20-16-7-10-4-11(8-16)6-13(18)12(5-10)9-16/h10-13,18H,4-9H2,1-3H3,(H,17,19). The van der Waals surface area contributed by atoms with Gasteiger partial charge in [0.25, 0.3) is 0 Å². The summed E-state index contributed by atoms with van der Waals surface area (Å²) in [5.74, 6) is 1.48. The lowest BCUT2D eigenvalue weighted by molar-refractivity contribution is -0.0858. The van der Waals surface area contributed by atoms with Crippen molar-refractivity contribution in [3.05, 3.63) is 0 Å². The molecule has 0 radical (unpaired) electrons. The first-order chi connectivity index (χ1) is 9.25. The van der Waals surface area contributed by atoms with Crippen molar-refractivity contribution < 1.29 is 14.6 Å². The van der Waals surface area contributed by atoms with Gasteiger partial charge in [-0.25, -0.2) is 4.79 Å². The van der Waals surface area contributed by atoms with Gasteiger partial charge in [-0.3, -0.25) is 0 Å². The lowest BCUT2D eigenvalue weighted by atomic mass is 9.65. The van der Waals surface area contributed by atoms with Crippen molar-refractivity contribution >= 4 is 6.09 Å². The van der Waals surface area contributed by atoms with Crippen molar-refractivity contribution in [1.82, 2.24) is 5.32 Å². The number of hydrogen-bond donors (Lipinski definition) is 2. The highest BCUT2D eigenvalue weighted by molar-refractivity contribution is 5.68. The molecule has 0 aromatic carbocycles. The molecule has 4 nitrogen and oxygen atoms in total. The van der Waals surface area contributed by atoms with E-state index in [9.17, 15) is 9.90 Å². The van der Waals surface area contributed by atoms with Gasteiger partial charge in [0.15, 0.2) is 0 Å². The molecule has 20 heavy (non-hydrogen) atoms. The zero-order valence-corrected chi connectivity index (χ0v) is 12.8. The Hall–Kier alpha value is -0.770. The molecule has 0 spiro atoms. The van der Waals surface area contributed by atoms with Gasteiger partial charge < -0.3 is 15.2 Å². The highest BCUT2D eigenvalue weighted by atomic mass is 16.6. The van der Waals surface area contributed by atoms with Gasteiger partial charge in [0.1, 0.15) is 5.60 Å². The lowest BCUT2D eigenvalue weighted by Crippen LogP contribution is -2.51. The third-order valence-electron chi connectivity index (χ3n) is 5.16. The number of amides is 1. The number of nitrogens with one attached hydrogen (secondary N) is 1. The summed E-state index contributed by atoms with van der Waals surface area (Å²) >= 11 is 0. The summed E-state index contributed by atoms with van der Waals surface area (Å²) < 4.78 is 5.89. The first-order valence-electron chi connectivity index (χ1n) is 7.94. The minimum atomic E-state index is -0.316. The van der Waals surface area contributed by atoms with Crippen molar-refractivity contribution in [2.24, 2.45) is 17.8 Å². The van der Waals surface area contributed by atoms with E-state index in [1.165, 1.54) is 6.42 Å². The average molecular weight is 281 g/mol. The molecule has 4 aliphatic carbocycles. The number of ether oxygens (including phenoxy) is 1. The Balaban J connectivity index is 1.74. The molecule has 0 aromatic heterocycles. The van der Waals surface area contributed by atoms with Crippen LogP contribution in [0.2, 0.25) is 0 Å². The number of alkyl carbamates (subject to hydrolysis) is 1. The molecule has 5 unspecified atom stereocenters. The molecule has 1 amide bonds. The summed E-state index contributed by atoms with van der Waals surface area (Å²) in [5, 5.41) is 13.2. The second-order valence-corrected chi connectivity index (χ2v) is 8.33. The fourth-order valence-corrected chi connectivity index (χ4v) is 4.77. The maximum Gasteiger partial charge on any atom is 0.408 e. The Morgan fingerprint density at radius 2 is 1.80 bits per heavy atom. The van der Waals surface area contributed by atoms with Gasteiger partial charge >= 0.3 is 6.09 Å². The van der Waals surface area contributed by atoms with E-state index in [0.717, 1.165) is 32.1 Å². The summed E-state index contributed by atoms with van der Waals surface area (Å²) in [6, 6.07) is 0. The number of carbonyl (C=O) groups is 1. The fourth-order valence-electron chi connectivity index (χ4n) is 4.77. The maximum atomic E-state index is 12.1. The van der Waals surface area contributed by atoms with Gasteiger partial charge in [-0.2, -0.15) is 0 Å². The quantitative estimate of drug-likeness (QED) is 0.777. The van der Waals surface area contributed by atoms with Crippen LogP contribution in [0.25, 0.3) is 0 Å². The Labute approximate surface area is 121 Å². The van der Waals surface area contributed by atoms with Crippen molar-refractivity contribution in [3.63, 3.8) is 0 Å². The maximum absolute atomic E-state index is 12.1. The van der Waals surface area contributed by atoms with Gasteiger partial charge in [-0.05, 0) is 77.0 Å². The van der Waals surface area contributed by atoms with Gasteiger partial charge in [-0.1, -0.05) is 0 Å². The van der Waals surface area contributed by atoms with Crippen LogP contribution in [0.3, 0.4) is 0 Å². The summed E-state index contributed by atoms with van der Waals surface area (Å²) in [4.78, 5) is 12.1. The predicted molar refractivity (Wildman–Crippen MR) is 76.3 cm³/mol. The first-order valence-corrected chi connectivity index (χ1v) is 7.94. The summed E-state index contributed by atoms with van der Waals surface area (Å²) in [6.45, 7) is 5.89. The van der Waals surface area contributed by atoms with Gasteiger partial charge in [0.05, 0.1) is 6.10 Å². The van der Waals surface area contributed by atoms with Crippen LogP contribution in [0.15, 0.2) is 0 Å². The molecule has 114 valence electrons. The Morgan fingerprint density at radius 1 is 1.15 bits per heavy atom. The Morgan fingerprint density at radius 3 is 2.45 bits per heavy atom. The molecule has 4 saturated carbocycles. The highest BCUT2D eigenvalue weighted by Gasteiger charge is 2.53. The van der Waals surface area contributed by atoms with Gasteiger partial charge in [0.2, 0.25) is 0 Å². The van der Waals surface area contributed by atoms with Crippen molar-refractivity contribution in [2.75, 3.05) is 0 Å². The number of hydrogen-bond acceptors (Lipinski definition) is 3. The van der Waals surface area contributed by atoms with Crippen molar-refractivity contribution in [2.45, 2.75) is 76.5 Å². The van der Waals surface area contributed by atoms with Crippen LogP contribution in [0.5, 0.6) is 0 Å². The van der Waals surface area contributed by atoms with Crippen molar-refractivity contribution in [3.8, 4) is 0 Å². The molecule has 0 aliphatic heterocycles. The molecule has 4 fully saturated rings. The van der Waals surface area contributed by atoms with Crippen molar-refractivity contribution in [1.29, 1.82) is 0 Å². The Kier molecular flexibility index (Phi) is 3.27. The zero-order valence-electron chi connectivity index (χ0n) is 12.8. The van der Waals surface area contributed by atoms with E-state index in [1.807, 2.05) is 20.8 Å². The zero-order chi connectivity index (χ0) is 14.5. The van der Waals surface area contributed by atoms with E-state index >= 15 is 0 Å². The van der Waals surface area contributed by atoms with Crippen LogP contribution in [-0.4, -0.2) is 28.4 Å². The fraction of sp³-hybridized carbons (Fsp3) is 0.938. The highest BCUT2D eigenvalue weighted by Crippen LogP contribution is 2.54. The second-order valence-electron chi connectivity index (χ2n) is 8.33. The molecule has 0 saturated heterocycles. The largest absolute Gasteiger partial charge is 0.443 e. The third-order valence-corrected chi connectivity index (χ3v) is 5.16. The van der Waals surface area contributed by atoms with E-state index in [-0.39, 0.29) is 23.3 Å². The summed E-state index contributed by atoms with van der Waals surface area (Å²) in [7, 11) is 0. The lowest BCUT2D eigenvalue weighted by Gasteiger charge is -2.47. The van der Waals surface area contributed by atoms with Crippen LogP contribution in [0.1, 0.15) is 59.3 Å². The number of aliphatic hydroxyl groups excluding tert-OH is 1. The van der Waals surface area contributed by atoms with E-state index in [4.69, 9.17) is 4.74 Å². The number of fused-ring (bicyclic) bond motifs is 1. The molecule has 0 heterocycles. The third kappa shape index (κ3) is 2.80. The Bertz CT molecular complexity index is 403. The van der Waals surface area contributed by atoms with Crippen LogP contribution in [0.4, 0.5) is 4.79 Å². The van der Waals surface area contributed by atoms with E-state index in [1.54, 1.807) is 0 Å². The normalized spacial score (nSPS) is 43.2. The van der Waals surface area contributed by atoms with Crippen LogP contribution >= 0.6 is 0 Å². The van der Waals surface area contributed by atoms with E-state index in [0.29, 0.717) is 17.8 Å². The average Bonchev–Trinajstić information content (AvgIpc) is 2.37.